The lowest BCUT2D eigenvalue weighted by atomic mass is 10.4. The highest BCUT2D eigenvalue weighted by molar-refractivity contribution is 8.14. The number of thioether (sulfide) groups is 4. The first-order valence-electron chi connectivity index (χ1n) is 18.4. The molecule has 4 aliphatic rings. The molecule has 4 rings (SSSR count). The first kappa shape index (κ1) is 56.5. The molecule has 64 heavy (non-hydrogen) atoms. The third kappa shape index (κ3) is 23.2. The Balaban J connectivity index is 0.000000428. The summed E-state index contributed by atoms with van der Waals surface area (Å²) in [7, 11) is 0. The lowest BCUT2D eigenvalue weighted by Gasteiger charge is -2.12. The van der Waals surface area contributed by atoms with Gasteiger partial charge in [-0.1, -0.05) is 47.0 Å². The predicted octanol–water partition coefficient (Wildman–Crippen LogP) is -0.100. The van der Waals surface area contributed by atoms with Crippen molar-refractivity contribution in [1.29, 1.82) is 0 Å². The van der Waals surface area contributed by atoms with Gasteiger partial charge in [-0.3, -0.25) is 57.5 Å². The molecular formula is C35H42N4O21S4. The predicted molar refractivity (Wildman–Crippen MR) is 217 cm³/mol. The minimum atomic E-state index is -0.813. The fourth-order valence-electron chi connectivity index (χ4n) is 4.16. The Labute approximate surface area is 380 Å². The first-order valence-corrected chi connectivity index (χ1v) is 22.3. The van der Waals surface area contributed by atoms with E-state index in [4.69, 9.17) is 4.74 Å². The maximum atomic E-state index is 11.2. The van der Waals surface area contributed by atoms with E-state index in [-0.39, 0.29) is 109 Å². The quantitative estimate of drug-likeness (QED) is 0.144. The molecule has 0 aromatic carbocycles. The summed E-state index contributed by atoms with van der Waals surface area (Å²) in [5.74, 6) is -6.91. The number of rotatable bonds is 16. The summed E-state index contributed by atoms with van der Waals surface area (Å²) < 4.78 is 4.93. The Morgan fingerprint density at radius 2 is 0.656 bits per heavy atom. The van der Waals surface area contributed by atoms with Crippen molar-refractivity contribution in [2.45, 2.75) is 85.5 Å². The van der Waals surface area contributed by atoms with Gasteiger partial charge in [0.2, 0.25) is 0 Å². The van der Waals surface area contributed by atoms with E-state index in [0.717, 1.165) is 47.0 Å². The van der Waals surface area contributed by atoms with Gasteiger partial charge in [-0.25, -0.2) is 19.2 Å². The molecule has 4 aliphatic heterocycles. The molecule has 29 heteroatoms. The molecule has 0 radical (unpaired) electrons. The Morgan fingerprint density at radius 3 is 0.953 bits per heavy atom. The van der Waals surface area contributed by atoms with E-state index in [9.17, 15) is 76.7 Å². The van der Waals surface area contributed by atoms with E-state index in [1.165, 1.54) is 27.7 Å². The number of hydroxylamine groups is 8. The molecule has 0 saturated carbocycles. The zero-order valence-corrected chi connectivity index (χ0v) is 37.9. The number of imide groups is 4. The Morgan fingerprint density at radius 1 is 0.391 bits per heavy atom. The highest BCUT2D eigenvalue weighted by Crippen LogP contribution is 2.16. The number of amides is 8. The minimum absolute atomic E-state index is 0.0126. The van der Waals surface area contributed by atoms with Crippen molar-refractivity contribution in [2.24, 2.45) is 0 Å². The second-order valence-electron chi connectivity index (χ2n) is 12.2. The molecule has 0 N–H and O–H groups in total. The normalized spacial score (nSPS) is 15.4. The highest BCUT2D eigenvalue weighted by atomic mass is 32.2. The fraction of sp³-hybridized carbons (Fsp3) is 0.543. The van der Waals surface area contributed by atoms with E-state index in [0.29, 0.717) is 26.0 Å². The van der Waals surface area contributed by atoms with Crippen molar-refractivity contribution >= 4 is 139 Å². The monoisotopic (exact) mass is 982 g/mol. The number of hydrogen-bond donors (Lipinski definition) is 0. The summed E-state index contributed by atoms with van der Waals surface area (Å²) in [5.41, 5.74) is 0. The third-order valence-electron chi connectivity index (χ3n) is 6.95. The van der Waals surface area contributed by atoms with Crippen LogP contribution in [0.1, 0.15) is 85.5 Å². The van der Waals surface area contributed by atoms with Gasteiger partial charge in [-0.2, -0.15) is 0 Å². The van der Waals surface area contributed by atoms with Crippen LogP contribution in [0.5, 0.6) is 0 Å². The van der Waals surface area contributed by atoms with Crippen molar-refractivity contribution in [3.05, 3.63) is 0 Å². The summed E-state index contributed by atoms with van der Waals surface area (Å²) in [5, 5.41) is 1.30. The Kier molecular flexibility index (Phi) is 26.3. The van der Waals surface area contributed by atoms with Gasteiger partial charge in [0.05, 0.1) is 13.0 Å². The molecule has 0 aromatic heterocycles. The van der Waals surface area contributed by atoms with Gasteiger partial charge < -0.3 is 24.1 Å². The molecule has 0 unspecified atom stereocenters. The van der Waals surface area contributed by atoms with Crippen LogP contribution in [0.3, 0.4) is 0 Å². The molecule has 4 heterocycles. The summed E-state index contributed by atoms with van der Waals surface area (Å²) in [6, 6.07) is 0. The molecule has 0 aromatic rings. The summed E-state index contributed by atoms with van der Waals surface area (Å²) in [6.07, 6.45) is 0.504. The van der Waals surface area contributed by atoms with Gasteiger partial charge in [0.15, 0.2) is 20.5 Å². The summed E-state index contributed by atoms with van der Waals surface area (Å²) >= 11 is 3.60. The highest BCUT2D eigenvalue weighted by Gasteiger charge is 2.35. The lowest BCUT2D eigenvalue weighted by molar-refractivity contribution is -0.200. The van der Waals surface area contributed by atoms with Crippen LogP contribution in [0.15, 0.2) is 0 Å². The maximum Gasteiger partial charge on any atom is 0.358 e. The third-order valence-corrected chi connectivity index (χ3v) is 10.1. The van der Waals surface area contributed by atoms with Crippen molar-refractivity contribution in [3.63, 3.8) is 0 Å². The summed E-state index contributed by atoms with van der Waals surface area (Å²) in [4.78, 5) is 193. The molecule has 0 aliphatic carbocycles. The number of nitrogens with zero attached hydrogens (tertiary/aromatic N) is 4. The molecule has 4 fully saturated rings. The largest absolute Gasteiger partial charge is 0.369 e. The van der Waals surface area contributed by atoms with Gasteiger partial charge in [-0.05, 0) is 0 Å². The molecule has 0 bridgehead atoms. The van der Waals surface area contributed by atoms with Gasteiger partial charge >= 0.3 is 23.9 Å². The molecular weight excluding hydrogens is 941 g/mol. The standard InChI is InChI=1S/C10H13NO6S.C9H11NO5S.2C8H9NO5S/c1-7(12)18-5-4-16-6-10(15)17-11-8(13)2-3-9(11)14;1-6(11)16-5-4-9(14)15-10-7(12)2-3-8(10)13;2*1-5(10)15-4-8(13)14-9-6(11)2-3-7(9)12/h2-6H2,1H3;2-5H2,1H3;2*2-4H2,1H3. The number of hydrogen-bond acceptors (Lipinski definition) is 25. The van der Waals surface area contributed by atoms with Crippen molar-refractivity contribution in [1.82, 2.24) is 20.3 Å². The van der Waals surface area contributed by atoms with Gasteiger partial charge in [-0.15, -0.1) is 20.3 Å². The Bertz CT molecular complexity index is 1760. The minimum Gasteiger partial charge on any atom is -0.369 e. The topological polar surface area (TPSA) is 332 Å². The number of ether oxygens (including phenoxy) is 1. The van der Waals surface area contributed by atoms with Crippen LogP contribution >= 0.6 is 47.0 Å². The van der Waals surface area contributed by atoms with Crippen LogP contribution in [-0.4, -0.2) is 148 Å². The second kappa shape index (κ2) is 29.8. The molecule has 4 saturated heterocycles. The zero-order chi connectivity index (χ0) is 48.5. The molecule has 25 nitrogen and oxygen atoms in total. The molecule has 352 valence electrons. The van der Waals surface area contributed by atoms with Crippen molar-refractivity contribution < 1.29 is 101 Å². The molecule has 0 atom stereocenters. The van der Waals surface area contributed by atoms with E-state index in [1.54, 1.807) is 0 Å². The van der Waals surface area contributed by atoms with E-state index < -0.39 is 71.1 Å². The average Bonchev–Trinajstić information content (AvgIpc) is 3.92. The van der Waals surface area contributed by atoms with Crippen LogP contribution in [0.25, 0.3) is 0 Å². The second-order valence-corrected chi connectivity index (χ2v) is 17.1. The number of carbonyl (C=O) groups excluding carboxylic acids is 16. The smallest absolute Gasteiger partial charge is 0.358 e. The zero-order valence-electron chi connectivity index (χ0n) is 34.6. The Hall–Kier alpha value is -5.52. The fourth-order valence-corrected chi connectivity index (χ4v) is 5.95. The van der Waals surface area contributed by atoms with Crippen molar-refractivity contribution in [3.8, 4) is 0 Å². The SMILES string of the molecule is CC(=O)SCC(=O)ON1C(=O)CCC1=O.CC(=O)SCC(=O)ON1C(=O)CCC1=O.CC(=O)SCCC(=O)ON1C(=O)CCC1=O.CC(=O)SCCOCC(=O)ON1C(=O)CCC1=O. The summed E-state index contributed by atoms with van der Waals surface area (Å²) in [6.45, 7) is 5.29. The van der Waals surface area contributed by atoms with Gasteiger partial charge in [0, 0.05) is 90.6 Å². The van der Waals surface area contributed by atoms with E-state index in [2.05, 4.69) is 19.4 Å². The molecule has 0 spiro atoms. The van der Waals surface area contributed by atoms with Crippen LogP contribution in [0.4, 0.5) is 0 Å². The van der Waals surface area contributed by atoms with E-state index in [1.807, 2.05) is 0 Å². The lowest BCUT2D eigenvalue weighted by Crippen LogP contribution is -2.33. The van der Waals surface area contributed by atoms with Crippen molar-refractivity contribution in [2.75, 3.05) is 36.2 Å². The van der Waals surface area contributed by atoms with Crippen LogP contribution in [0.2, 0.25) is 0 Å². The first-order chi connectivity index (χ1) is 30.0. The van der Waals surface area contributed by atoms with E-state index >= 15 is 0 Å². The average molecular weight is 983 g/mol. The van der Waals surface area contributed by atoms with Gasteiger partial charge in [0.25, 0.3) is 47.3 Å². The number of carbonyl (C=O) groups is 16. The van der Waals surface area contributed by atoms with Crippen LogP contribution in [-0.2, 0) is 101 Å². The van der Waals surface area contributed by atoms with Gasteiger partial charge in [0.1, 0.15) is 18.1 Å². The van der Waals surface area contributed by atoms with Crippen LogP contribution in [0, 0.1) is 0 Å². The van der Waals surface area contributed by atoms with Crippen LogP contribution < -0.4 is 0 Å². The molecule has 8 amide bonds. The maximum absolute atomic E-state index is 11.2.